The molecule has 3 aromatic carbocycles. The van der Waals surface area contributed by atoms with E-state index in [4.69, 9.17) is 0 Å². The molecule has 0 fully saturated rings. The predicted molar refractivity (Wildman–Crippen MR) is 119 cm³/mol. The largest absolute Gasteiger partial charge is 0.507 e. The molecule has 0 bridgehead atoms. The molecule has 1 amide bonds. The second kappa shape index (κ2) is 8.69. The van der Waals surface area contributed by atoms with Crippen LogP contribution in [0.15, 0.2) is 70.2 Å². The van der Waals surface area contributed by atoms with Crippen LogP contribution in [0, 0.1) is 13.8 Å². The number of benzene rings is 3. The molecule has 3 aromatic rings. The summed E-state index contributed by atoms with van der Waals surface area (Å²) in [5.41, 5.74) is 2.37. The molecule has 0 aliphatic heterocycles. The molecule has 0 aliphatic rings. The van der Waals surface area contributed by atoms with E-state index in [0.29, 0.717) is 26.7 Å². The average Bonchev–Trinajstić information content (AvgIpc) is 2.79. The van der Waals surface area contributed by atoms with Crippen LogP contribution in [0.3, 0.4) is 0 Å². The van der Waals surface area contributed by atoms with Crippen LogP contribution in [0.2, 0.25) is 0 Å². The van der Waals surface area contributed by atoms with Crippen LogP contribution >= 0.6 is 15.9 Å². The van der Waals surface area contributed by atoms with Gasteiger partial charge in [-0.1, -0.05) is 60.7 Å². The number of carbonyl (C=O) groups is 1. The molecular formula is C23H21BrN2O4. The summed E-state index contributed by atoms with van der Waals surface area (Å²) >= 11 is 3.28. The van der Waals surface area contributed by atoms with Crippen LogP contribution in [-0.2, 0) is 10.4 Å². The molecule has 0 aromatic heterocycles. The molecule has 0 spiro atoms. The third-order valence-corrected chi connectivity index (χ3v) is 5.95. The van der Waals surface area contributed by atoms with Crippen LogP contribution in [0.4, 0.5) is 0 Å². The molecule has 7 heteroatoms. The summed E-state index contributed by atoms with van der Waals surface area (Å²) in [7, 11) is 0. The van der Waals surface area contributed by atoms with Gasteiger partial charge in [0.05, 0.1) is 10.7 Å². The fourth-order valence-electron chi connectivity index (χ4n) is 3.13. The van der Waals surface area contributed by atoms with Crippen molar-refractivity contribution in [2.24, 2.45) is 5.10 Å². The SMILES string of the molecule is Cc1c(O)c(Br)c(C)c(C=NNC(=O)C(O)(c2ccccc2)c2ccccc2)c1O. The molecule has 0 aliphatic carbocycles. The molecular weight excluding hydrogens is 448 g/mol. The molecule has 0 atom stereocenters. The number of nitrogens with zero attached hydrogens (tertiary/aromatic N) is 1. The maximum Gasteiger partial charge on any atom is 0.281 e. The second-order valence-electron chi connectivity index (χ2n) is 6.82. The molecule has 3 rings (SSSR count). The number of phenolic OH excluding ortho intramolecular Hbond substituents is 2. The number of hydrogen-bond acceptors (Lipinski definition) is 5. The number of aliphatic hydroxyl groups is 1. The van der Waals surface area contributed by atoms with Crippen LogP contribution in [0.1, 0.15) is 27.8 Å². The maximum atomic E-state index is 13.0. The first-order chi connectivity index (χ1) is 14.3. The lowest BCUT2D eigenvalue weighted by atomic mass is 9.85. The van der Waals surface area contributed by atoms with Crippen molar-refractivity contribution in [3.8, 4) is 11.5 Å². The van der Waals surface area contributed by atoms with Gasteiger partial charge in [-0.3, -0.25) is 4.79 Å². The van der Waals surface area contributed by atoms with Crippen LogP contribution < -0.4 is 5.43 Å². The summed E-state index contributed by atoms with van der Waals surface area (Å²) in [5, 5.41) is 35.7. The highest BCUT2D eigenvalue weighted by atomic mass is 79.9. The summed E-state index contributed by atoms with van der Waals surface area (Å²) in [6.07, 6.45) is 1.27. The molecule has 4 N–H and O–H groups in total. The van der Waals surface area contributed by atoms with Gasteiger partial charge in [-0.05, 0) is 46.5 Å². The summed E-state index contributed by atoms with van der Waals surface area (Å²) in [6, 6.07) is 17.2. The highest BCUT2D eigenvalue weighted by Gasteiger charge is 2.39. The highest BCUT2D eigenvalue weighted by molar-refractivity contribution is 9.10. The number of amides is 1. The van der Waals surface area contributed by atoms with Gasteiger partial charge >= 0.3 is 0 Å². The van der Waals surface area contributed by atoms with E-state index >= 15 is 0 Å². The number of aromatic hydroxyl groups is 2. The Morgan fingerprint density at radius 2 is 1.43 bits per heavy atom. The zero-order valence-electron chi connectivity index (χ0n) is 16.4. The number of hydrogen-bond donors (Lipinski definition) is 4. The number of phenols is 2. The predicted octanol–water partition coefficient (Wildman–Crippen LogP) is 3.86. The Hall–Kier alpha value is -3.16. The highest BCUT2D eigenvalue weighted by Crippen LogP contribution is 2.39. The Morgan fingerprint density at radius 1 is 0.933 bits per heavy atom. The number of carbonyl (C=O) groups excluding carboxylic acids is 1. The van der Waals surface area contributed by atoms with Gasteiger partial charge in [0, 0.05) is 11.1 Å². The topological polar surface area (TPSA) is 102 Å². The number of hydrazone groups is 1. The fourth-order valence-corrected chi connectivity index (χ4v) is 3.65. The summed E-state index contributed by atoms with van der Waals surface area (Å²) in [5.74, 6) is -0.954. The normalized spacial score (nSPS) is 11.6. The minimum absolute atomic E-state index is 0.0614. The molecule has 0 saturated heterocycles. The number of halogens is 1. The second-order valence-corrected chi connectivity index (χ2v) is 7.61. The first kappa shape index (κ1) is 21.5. The van der Waals surface area contributed by atoms with Crippen LogP contribution in [0.25, 0.3) is 0 Å². The molecule has 0 heterocycles. The van der Waals surface area contributed by atoms with Crippen molar-refractivity contribution >= 4 is 28.1 Å². The quantitative estimate of drug-likeness (QED) is 0.337. The van der Waals surface area contributed by atoms with E-state index in [-0.39, 0.29) is 17.1 Å². The lowest BCUT2D eigenvalue weighted by Crippen LogP contribution is -2.43. The average molecular weight is 469 g/mol. The summed E-state index contributed by atoms with van der Waals surface area (Å²) in [6.45, 7) is 3.25. The van der Waals surface area contributed by atoms with E-state index in [1.54, 1.807) is 74.5 Å². The number of nitrogens with one attached hydrogen (secondary N) is 1. The van der Waals surface area contributed by atoms with Crippen molar-refractivity contribution in [2.45, 2.75) is 19.4 Å². The summed E-state index contributed by atoms with van der Waals surface area (Å²) < 4.78 is 0.427. The molecule has 6 nitrogen and oxygen atoms in total. The van der Waals surface area contributed by atoms with Gasteiger partial charge in [0.25, 0.3) is 5.91 Å². The standard InChI is InChI=1S/C23H21BrN2O4/c1-14-18(20(27)15(2)21(28)19(14)24)13-25-26-22(29)23(30,16-9-5-3-6-10-16)17-11-7-4-8-12-17/h3-13,27-28,30H,1-2H3,(H,26,29). The lowest BCUT2D eigenvalue weighted by molar-refractivity contribution is -0.136. The smallest absolute Gasteiger partial charge is 0.281 e. The molecule has 0 radical (unpaired) electrons. The Morgan fingerprint density at radius 3 is 1.93 bits per heavy atom. The lowest BCUT2D eigenvalue weighted by Gasteiger charge is -2.27. The molecule has 0 unspecified atom stereocenters. The number of rotatable bonds is 5. The third-order valence-electron chi connectivity index (χ3n) is 4.98. The minimum Gasteiger partial charge on any atom is -0.507 e. The minimum atomic E-state index is -1.96. The Labute approximate surface area is 182 Å². The van der Waals surface area contributed by atoms with Crippen LogP contribution in [-0.4, -0.2) is 27.4 Å². The van der Waals surface area contributed by atoms with Crippen molar-refractivity contribution in [3.63, 3.8) is 0 Å². The van der Waals surface area contributed by atoms with Gasteiger partial charge in [0.1, 0.15) is 11.5 Å². The molecule has 30 heavy (non-hydrogen) atoms. The van der Waals surface area contributed by atoms with Gasteiger partial charge in [0.15, 0.2) is 5.60 Å². The van der Waals surface area contributed by atoms with E-state index in [1.165, 1.54) is 6.21 Å². The molecule has 154 valence electrons. The van der Waals surface area contributed by atoms with Crippen LogP contribution in [0.5, 0.6) is 11.5 Å². The monoisotopic (exact) mass is 468 g/mol. The Kier molecular flexibility index (Phi) is 6.24. The van der Waals surface area contributed by atoms with Crippen molar-refractivity contribution in [1.29, 1.82) is 0 Å². The van der Waals surface area contributed by atoms with Crippen molar-refractivity contribution in [2.75, 3.05) is 0 Å². The van der Waals surface area contributed by atoms with E-state index in [0.717, 1.165) is 0 Å². The van der Waals surface area contributed by atoms with E-state index in [1.807, 2.05) is 0 Å². The van der Waals surface area contributed by atoms with Gasteiger partial charge in [-0.15, -0.1) is 0 Å². The fraction of sp³-hybridized carbons (Fsp3) is 0.130. The van der Waals surface area contributed by atoms with E-state index < -0.39 is 11.5 Å². The Balaban J connectivity index is 1.96. The zero-order valence-corrected chi connectivity index (χ0v) is 18.0. The van der Waals surface area contributed by atoms with E-state index in [2.05, 4.69) is 26.5 Å². The summed E-state index contributed by atoms with van der Waals surface area (Å²) in [4.78, 5) is 13.0. The third kappa shape index (κ3) is 3.81. The first-order valence-corrected chi connectivity index (χ1v) is 9.95. The van der Waals surface area contributed by atoms with Crippen molar-refractivity contribution < 1.29 is 20.1 Å². The van der Waals surface area contributed by atoms with Gasteiger partial charge in [-0.2, -0.15) is 5.10 Å². The van der Waals surface area contributed by atoms with E-state index in [9.17, 15) is 20.1 Å². The first-order valence-electron chi connectivity index (χ1n) is 9.16. The Bertz CT molecular complexity index is 1030. The van der Waals surface area contributed by atoms with Gasteiger partial charge in [-0.25, -0.2) is 5.43 Å². The van der Waals surface area contributed by atoms with Gasteiger partial charge < -0.3 is 15.3 Å². The van der Waals surface area contributed by atoms with Crippen molar-refractivity contribution in [3.05, 3.63) is 93.0 Å². The zero-order chi connectivity index (χ0) is 21.9. The maximum absolute atomic E-state index is 13.0. The van der Waals surface area contributed by atoms with Gasteiger partial charge in [0.2, 0.25) is 0 Å². The molecule has 0 saturated carbocycles. The van der Waals surface area contributed by atoms with Crippen molar-refractivity contribution in [1.82, 2.24) is 5.43 Å².